The molecule has 0 saturated heterocycles. The number of allylic oxidation sites excluding steroid dienone is 2. The average molecular weight is 379 g/mol. The van der Waals surface area contributed by atoms with E-state index in [9.17, 15) is 4.79 Å². The normalized spacial score (nSPS) is 31.6. The van der Waals surface area contributed by atoms with Gasteiger partial charge in [0.15, 0.2) is 0 Å². The minimum Gasteiger partial charge on any atom is -0.299 e. The first-order valence-electron chi connectivity index (χ1n) is 11.6. The van der Waals surface area contributed by atoms with Crippen molar-refractivity contribution in [3.8, 4) is 0 Å². The van der Waals surface area contributed by atoms with Crippen LogP contribution in [0.4, 0.5) is 0 Å². The number of rotatable bonds is 4. The molecule has 1 aromatic rings. The zero-order valence-corrected chi connectivity index (χ0v) is 18.6. The molecule has 1 saturated carbocycles. The molecule has 4 rings (SSSR count). The van der Waals surface area contributed by atoms with Gasteiger partial charge in [-0.2, -0.15) is 0 Å². The van der Waals surface area contributed by atoms with Crippen LogP contribution in [0.1, 0.15) is 88.5 Å². The predicted octanol–water partition coefficient (Wildman–Crippen LogP) is 6.67. The maximum Gasteiger partial charge on any atom is 0.137 e. The maximum atomic E-state index is 11.9. The lowest BCUT2D eigenvalue weighted by atomic mass is 9.60. The fraction of sp³-hybridized carbons (Fsp3) is 0.667. The first-order chi connectivity index (χ1) is 13.3. The van der Waals surface area contributed by atoms with Gasteiger partial charge in [0.25, 0.3) is 0 Å². The van der Waals surface area contributed by atoms with Crippen molar-refractivity contribution >= 4 is 5.78 Å². The summed E-state index contributed by atoms with van der Waals surface area (Å²) in [6.45, 7) is 12.0. The Morgan fingerprint density at radius 1 is 1.00 bits per heavy atom. The van der Waals surface area contributed by atoms with Crippen LogP contribution in [0.15, 0.2) is 24.3 Å². The minimum absolute atomic E-state index is 0.422. The standard InChI is InChI=1S/C27H38O/c1-17(2)18(3)6-7-19(4)25-12-13-26-24-10-8-20-16-21(28)9-11-22(20)23(24)14-15-27(25,26)5/h6-8,10,17-19,25-26H,9,11-16H2,1-5H3/b7-6+/t18-,19+,25+,26-,27+/m0/s1. The molecule has 0 spiro atoms. The number of benzene rings is 1. The molecule has 0 aliphatic heterocycles. The van der Waals surface area contributed by atoms with Crippen molar-refractivity contribution in [3.63, 3.8) is 0 Å². The lowest BCUT2D eigenvalue weighted by Gasteiger charge is -2.44. The first-order valence-corrected chi connectivity index (χ1v) is 11.6. The quantitative estimate of drug-likeness (QED) is 0.534. The van der Waals surface area contributed by atoms with Crippen LogP contribution in [0.2, 0.25) is 0 Å². The van der Waals surface area contributed by atoms with Gasteiger partial charge in [-0.25, -0.2) is 0 Å². The summed E-state index contributed by atoms with van der Waals surface area (Å²) in [5.74, 6) is 3.96. The fourth-order valence-electron chi connectivity index (χ4n) is 6.52. The third-order valence-electron chi connectivity index (χ3n) is 8.71. The summed E-state index contributed by atoms with van der Waals surface area (Å²) in [6, 6.07) is 4.69. The molecule has 1 fully saturated rings. The van der Waals surface area contributed by atoms with E-state index in [1.54, 1.807) is 16.7 Å². The molecule has 0 radical (unpaired) electrons. The Hall–Kier alpha value is -1.37. The molecule has 1 aromatic carbocycles. The van der Waals surface area contributed by atoms with Gasteiger partial charge in [0.2, 0.25) is 0 Å². The maximum absolute atomic E-state index is 11.9. The van der Waals surface area contributed by atoms with Crippen LogP contribution in [0.25, 0.3) is 0 Å². The second-order valence-corrected chi connectivity index (χ2v) is 10.6. The van der Waals surface area contributed by atoms with E-state index >= 15 is 0 Å². The molecule has 0 aromatic heterocycles. The van der Waals surface area contributed by atoms with E-state index < -0.39 is 0 Å². The molecule has 3 aliphatic carbocycles. The number of hydrogen-bond acceptors (Lipinski definition) is 1. The Balaban J connectivity index is 1.59. The topological polar surface area (TPSA) is 17.1 Å². The van der Waals surface area contributed by atoms with E-state index in [0.717, 1.165) is 24.7 Å². The van der Waals surface area contributed by atoms with E-state index in [-0.39, 0.29) is 0 Å². The van der Waals surface area contributed by atoms with E-state index in [4.69, 9.17) is 0 Å². The van der Waals surface area contributed by atoms with Crippen molar-refractivity contribution in [2.24, 2.45) is 29.1 Å². The molecule has 152 valence electrons. The Morgan fingerprint density at radius 2 is 1.79 bits per heavy atom. The van der Waals surface area contributed by atoms with E-state index in [1.807, 2.05) is 0 Å². The summed E-state index contributed by atoms with van der Waals surface area (Å²) in [5.41, 5.74) is 6.56. The molecular weight excluding hydrogens is 340 g/mol. The SMILES string of the molecule is CC(C)[C@@H](C)/C=C/[C@@H](C)[C@H]1CC[C@H]2c3ccc4c(c3CC[C@]12C)CCC(=O)C4. The van der Waals surface area contributed by atoms with Gasteiger partial charge in [-0.15, -0.1) is 0 Å². The molecule has 28 heavy (non-hydrogen) atoms. The van der Waals surface area contributed by atoms with Crippen LogP contribution in [-0.2, 0) is 24.1 Å². The molecule has 1 nitrogen and oxygen atoms in total. The van der Waals surface area contributed by atoms with Crippen molar-refractivity contribution in [1.29, 1.82) is 0 Å². The summed E-state index contributed by atoms with van der Waals surface area (Å²) in [5, 5.41) is 0. The first kappa shape index (κ1) is 19.9. The summed E-state index contributed by atoms with van der Waals surface area (Å²) in [4.78, 5) is 11.9. The number of fused-ring (bicyclic) bond motifs is 5. The van der Waals surface area contributed by atoms with Crippen LogP contribution in [0.5, 0.6) is 0 Å². The smallest absolute Gasteiger partial charge is 0.137 e. The molecule has 3 aliphatic rings. The highest BCUT2D eigenvalue weighted by atomic mass is 16.1. The summed E-state index contributed by atoms with van der Waals surface area (Å²) >= 11 is 0. The fourth-order valence-corrected chi connectivity index (χ4v) is 6.52. The Morgan fingerprint density at radius 3 is 2.54 bits per heavy atom. The average Bonchev–Trinajstić information content (AvgIpc) is 3.02. The highest BCUT2D eigenvalue weighted by Gasteiger charge is 2.50. The molecular formula is C27H38O. The van der Waals surface area contributed by atoms with Gasteiger partial charge in [0.05, 0.1) is 0 Å². The molecule has 0 N–H and O–H groups in total. The monoisotopic (exact) mass is 378 g/mol. The van der Waals surface area contributed by atoms with Crippen LogP contribution < -0.4 is 0 Å². The molecule has 5 atom stereocenters. The molecule has 0 heterocycles. The molecule has 1 heteroatoms. The number of carbonyl (C=O) groups excluding carboxylic acids is 1. The third-order valence-corrected chi connectivity index (χ3v) is 8.71. The van der Waals surface area contributed by atoms with Crippen molar-refractivity contribution in [2.45, 2.75) is 85.5 Å². The number of hydrogen-bond donors (Lipinski definition) is 0. The van der Waals surface area contributed by atoms with Crippen LogP contribution in [0.3, 0.4) is 0 Å². The zero-order chi connectivity index (χ0) is 20.1. The van der Waals surface area contributed by atoms with Crippen LogP contribution >= 0.6 is 0 Å². The van der Waals surface area contributed by atoms with Gasteiger partial charge >= 0.3 is 0 Å². The van der Waals surface area contributed by atoms with E-state index in [0.29, 0.717) is 35.4 Å². The summed E-state index contributed by atoms with van der Waals surface area (Å²) in [6.07, 6.45) is 12.6. The van der Waals surface area contributed by atoms with Crippen molar-refractivity contribution in [2.75, 3.05) is 0 Å². The van der Waals surface area contributed by atoms with Crippen molar-refractivity contribution in [1.82, 2.24) is 0 Å². The van der Waals surface area contributed by atoms with Gasteiger partial charge in [0.1, 0.15) is 5.78 Å². The predicted molar refractivity (Wildman–Crippen MR) is 118 cm³/mol. The highest BCUT2D eigenvalue weighted by Crippen LogP contribution is 2.61. The van der Waals surface area contributed by atoms with Crippen LogP contribution in [-0.4, -0.2) is 5.78 Å². The van der Waals surface area contributed by atoms with Crippen LogP contribution in [0, 0.1) is 29.1 Å². The number of ketones is 1. The molecule has 0 unspecified atom stereocenters. The van der Waals surface area contributed by atoms with Crippen molar-refractivity contribution < 1.29 is 4.79 Å². The summed E-state index contributed by atoms with van der Waals surface area (Å²) in [7, 11) is 0. The second-order valence-electron chi connectivity index (χ2n) is 10.6. The molecule has 0 bridgehead atoms. The largest absolute Gasteiger partial charge is 0.299 e. The van der Waals surface area contributed by atoms with Gasteiger partial charge in [-0.3, -0.25) is 4.79 Å². The van der Waals surface area contributed by atoms with E-state index in [1.165, 1.54) is 31.2 Å². The Labute approximate surface area is 172 Å². The number of Topliss-reactive ketones (excluding diaryl/α,β-unsaturated/α-hetero) is 1. The van der Waals surface area contributed by atoms with Gasteiger partial charge < -0.3 is 0 Å². The lowest BCUT2D eigenvalue weighted by molar-refractivity contribution is -0.118. The van der Waals surface area contributed by atoms with Gasteiger partial charge in [0, 0.05) is 12.8 Å². The second kappa shape index (κ2) is 7.47. The third kappa shape index (κ3) is 3.29. The Bertz CT molecular complexity index is 786. The molecule has 0 amide bonds. The van der Waals surface area contributed by atoms with Gasteiger partial charge in [-0.1, -0.05) is 58.9 Å². The highest BCUT2D eigenvalue weighted by molar-refractivity contribution is 5.83. The van der Waals surface area contributed by atoms with Crippen molar-refractivity contribution in [3.05, 3.63) is 46.5 Å². The summed E-state index contributed by atoms with van der Waals surface area (Å²) < 4.78 is 0. The minimum atomic E-state index is 0.422. The van der Waals surface area contributed by atoms with E-state index in [2.05, 4.69) is 58.9 Å². The number of carbonyl (C=O) groups is 1. The zero-order valence-electron chi connectivity index (χ0n) is 18.6. The lowest BCUT2D eigenvalue weighted by Crippen LogP contribution is -2.35. The Kier molecular flexibility index (Phi) is 5.31. The van der Waals surface area contributed by atoms with Gasteiger partial charge in [-0.05, 0) is 89.4 Å².